The van der Waals surface area contributed by atoms with Crippen LogP contribution in [0.1, 0.15) is 22.3 Å². The Bertz CT molecular complexity index is 1210. The second kappa shape index (κ2) is 8.69. The molecule has 0 atom stereocenters. The number of rotatable bonds is 4. The first kappa shape index (κ1) is 25.1. The number of carboxylic acids is 1. The minimum absolute atomic E-state index is 0.0169. The van der Waals surface area contributed by atoms with Crippen molar-refractivity contribution in [2.75, 3.05) is 0 Å². The maximum Gasteiger partial charge on any atom is 0.417 e. The Morgan fingerprint density at radius 1 is 0.618 bits per heavy atom. The summed E-state index contributed by atoms with van der Waals surface area (Å²) in [6, 6.07) is 7.89. The molecule has 0 aliphatic rings. The number of carbonyl (C=O) groups is 1. The van der Waals surface area contributed by atoms with Crippen LogP contribution in [0.25, 0.3) is 22.3 Å². The van der Waals surface area contributed by atoms with Gasteiger partial charge in [0.15, 0.2) is 0 Å². The van der Waals surface area contributed by atoms with Crippen molar-refractivity contribution in [3.8, 4) is 22.3 Å². The lowest BCUT2D eigenvalue weighted by atomic mass is 9.88. The summed E-state index contributed by atoms with van der Waals surface area (Å²) in [5.41, 5.74) is -4.94. The summed E-state index contributed by atoms with van der Waals surface area (Å²) in [6.45, 7) is 0. The van der Waals surface area contributed by atoms with E-state index in [2.05, 4.69) is 0 Å². The number of alkyl halides is 9. The van der Waals surface area contributed by atoms with Crippen molar-refractivity contribution in [1.82, 2.24) is 0 Å². The van der Waals surface area contributed by atoms with Gasteiger partial charge in [-0.2, -0.15) is 39.5 Å². The second-order valence-electron chi connectivity index (χ2n) is 7.28. The van der Waals surface area contributed by atoms with E-state index in [-0.39, 0.29) is 28.3 Å². The van der Waals surface area contributed by atoms with Gasteiger partial charge in [-0.3, -0.25) is 4.79 Å². The summed E-state index contributed by atoms with van der Waals surface area (Å²) in [7, 11) is 0. The maximum atomic E-state index is 13.7. The molecule has 0 saturated heterocycles. The molecule has 0 aromatic heterocycles. The summed E-state index contributed by atoms with van der Waals surface area (Å²) in [6.07, 6.45) is -15.4. The standard InChI is InChI=1S/C23H13F9O2/c24-21(25,26)14-4-2-13(3-5-14)18-9-12(10-20(33)34)1-7-16(18)17-8-6-15(22(27,28)29)11-19(17)23(30,31)32/h1-9,11H,10H2,(H,33,34). The SMILES string of the molecule is O=C(O)Cc1ccc(-c2ccc(C(F)(F)F)cc2C(F)(F)F)c(-c2ccc(C(F)(F)F)cc2)c1. The highest BCUT2D eigenvalue weighted by atomic mass is 19.4. The summed E-state index contributed by atoms with van der Waals surface area (Å²) in [5.74, 6) is -1.27. The molecular formula is C23H13F9O2. The topological polar surface area (TPSA) is 37.3 Å². The first-order chi connectivity index (χ1) is 15.6. The van der Waals surface area contributed by atoms with Crippen LogP contribution >= 0.6 is 0 Å². The highest BCUT2D eigenvalue weighted by Crippen LogP contribution is 2.44. The van der Waals surface area contributed by atoms with E-state index in [1.165, 1.54) is 12.1 Å². The van der Waals surface area contributed by atoms with Crippen LogP contribution in [-0.4, -0.2) is 11.1 Å². The predicted molar refractivity (Wildman–Crippen MR) is 104 cm³/mol. The fourth-order valence-electron chi connectivity index (χ4n) is 3.38. The molecule has 180 valence electrons. The van der Waals surface area contributed by atoms with E-state index in [4.69, 9.17) is 5.11 Å². The number of halogens is 9. The molecule has 1 N–H and O–H groups in total. The molecule has 0 aliphatic carbocycles. The molecule has 3 rings (SSSR count). The van der Waals surface area contributed by atoms with Crippen LogP contribution in [0.4, 0.5) is 39.5 Å². The first-order valence-electron chi connectivity index (χ1n) is 9.38. The predicted octanol–water partition coefficient (Wildman–Crippen LogP) is 7.70. The molecule has 0 unspecified atom stereocenters. The highest BCUT2D eigenvalue weighted by molar-refractivity contribution is 5.86. The third-order valence-electron chi connectivity index (χ3n) is 4.91. The van der Waals surface area contributed by atoms with Crippen molar-refractivity contribution in [2.24, 2.45) is 0 Å². The Morgan fingerprint density at radius 3 is 1.65 bits per heavy atom. The van der Waals surface area contributed by atoms with Crippen molar-refractivity contribution in [3.63, 3.8) is 0 Å². The molecule has 3 aromatic carbocycles. The largest absolute Gasteiger partial charge is 0.481 e. The van der Waals surface area contributed by atoms with Crippen LogP contribution in [0.2, 0.25) is 0 Å². The van der Waals surface area contributed by atoms with Crippen molar-refractivity contribution < 1.29 is 49.4 Å². The summed E-state index contributed by atoms with van der Waals surface area (Å²) >= 11 is 0. The molecule has 0 bridgehead atoms. The van der Waals surface area contributed by atoms with Crippen LogP contribution in [0.3, 0.4) is 0 Å². The zero-order chi connectivity index (χ0) is 25.5. The van der Waals surface area contributed by atoms with Gasteiger partial charge >= 0.3 is 24.5 Å². The molecule has 0 fully saturated rings. The van der Waals surface area contributed by atoms with E-state index >= 15 is 0 Å². The monoisotopic (exact) mass is 492 g/mol. The number of hydrogen-bond donors (Lipinski definition) is 1. The van der Waals surface area contributed by atoms with Gasteiger partial charge in [0.1, 0.15) is 0 Å². The van der Waals surface area contributed by atoms with Gasteiger partial charge in [-0.25, -0.2) is 0 Å². The Labute approximate surface area is 186 Å². The Morgan fingerprint density at radius 2 is 1.15 bits per heavy atom. The van der Waals surface area contributed by atoms with E-state index in [0.29, 0.717) is 24.3 Å². The third kappa shape index (κ3) is 5.52. The molecule has 0 aliphatic heterocycles. The van der Waals surface area contributed by atoms with Gasteiger partial charge in [-0.15, -0.1) is 0 Å². The lowest BCUT2D eigenvalue weighted by Crippen LogP contribution is -2.12. The Balaban J connectivity index is 2.27. The van der Waals surface area contributed by atoms with Crippen molar-refractivity contribution >= 4 is 5.97 Å². The van der Waals surface area contributed by atoms with Gasteiger partial charge in [0.25, 0.3) is 0 Å². The van der Waals surface area contributed by atoms with E-state index in [9.17, 15) is 44.3 Å². The van der Waals surface area contributed by atoms with Crippen LogP contribution in [0.5, 0.6) is 0 Å². The quantitative estimate of drug-likeness (QED) is 0.379. The van der Waals surface area contributed by atoms with Gasteiger partial charge in [-0.1, -0.05) is 30.3 Å². The third-order valence-corrected chi connectivity index (χ3v) is 4.91. The lowest BCUT2D eigenvalue weighted by molar-refractivity contribution is -0.143. The van der Waals surface area contributed by atoms with E-state index in [1.54, 1.807) is 0 Å². The number of aliphatic carboxylic acids is 1. The Hall–Kier alpha value is -3.50. The maximum absolute atomic E-state index is 13.7. The van der Waals surface area contributed by atoms with Crippen LogP contribution < -0.4 is 0 Å². The van der Waals surface area contributed by atoms with Crippen molar-refractivity contribution in [1.29, 1.82) is 0 Å². The zero-order valence-electron chi connectivity index (χ0n) is 16.7. The van der Waals surface area contributed by atoms with Gasteiger partial charge in [-0.05, 0) is 58.1 Å². The Kier molecular flexibility index (Phi) is 6.43. The average molecular weight is 492 g/mol. The van der Waals surface area contributed by atoms with Crippen LogP contribution in [-0.2, 0) is 29.7 Å². The zero-order valence-corrected chi connectivity index (χ0v) is 16.7. The van der Waals surface area contributed by atoms with Crippen LogP contribution in [0.15, 0.2) is 60.7 Å². The first-order valence-corrected chi connectivity index (χ1v) is 9.38. The minimum atomic E-state index is -5.19. The molecule has 0 heterocycles. The second-order valence-corrected chi connectivity index (χ2v) is 7.28. The van der Waals surface area contributed by atoms with E-state index < -0.39 is 53.2 Å². The lowest BCUT2D eigenvalue weighted by Gasteiger charge is -2.19. The molecular weight excluding hydrogens is 479 g/mol. The number of benzene rings is 3. The molecule has 2 nitrogen and oxygen atoms in total. The summed E-state index contributed by atoms with van der Waals surface area (Å²) in [5, 5.41) is 9.02. The number of carboxylic acid groups (broad SMARTS) is 1. The minimum Gasteiger partial charge on any atom is -0.481 e. The number of hydrogen-bond acceptors (Lipinski definition) is 1. The van der Waals surface area contributed by atoms with Gasteiger partial charge in [0.2, 0.25) is 0 Å². The van der Waals surface area contributed by atoms with E-state index in [1.807, 2.05) is 0 Å². The smallest absolute Gasteiger partial charge is 0.417 e. The van der Waals surface area contributed by atoms with Crippen molar-refractivity contribution in [3.05, 3.63) is 82.9 Å². The summed E-state index contributed by atoms with van der Waals surface area (Å²) < 4.78 is 119. The molecule has 0 saturated carbocycles. The normalized spacial score (nSPS) is 12.6. The summed E-state index contributed by atoms with van der Waals surface area (Å²) in [4.78, 5) is 11.1. The fraction of sp³-hybridized carbons (Fsp3) is 0.174. The fourth-order valence-corrected chi connectivity index (χ4v) is 3.38. The van der Waals surface area contributed by atoms with Gasteiger partial charge in [0, 0.05) is 0 Å². The van der Waals surface area contributed by atoms with E-state index in [0.717, 1.165) is 18.2 Å². The van der Waals surface area contributed by atoms with Crippen molar-refractivity contribution in [2.45, 2.75) is 24.9 Å². The van der Waals surface area contributed by atoms with Gasteiger partial charge < -0.3 is 5.11 Å². The van der Waals surface area contributed by atoms with Crippen LogP contribution in [0, 0.1) is 0 Å². The van der Waals surface area contributed by atoms with Gasteiger partial charge in [0.05, 0.1) is 23.1 Å². The molecule has 34 heavy (non-hydrogen) atoms. The molecule has 0 amide bonds. The molecule has 0 radical (unpaired) electrons. The highest BCUT2D eigenvalue weighted by Gasteiger charge is 2.39. The molecule has 0 spiro atoms. The molecule has 3 aromatic rings. The average Bonchev–Trinajstić information content (AvgIpc) is 2.71. The molecule has 11 heteroatoms.